The van der Waals surface area contributed by atoms with Crippen LogP contribution in [0.25, 0.3) is 0 Å². The third-order valence-corrected chi connectivity index (χ3v) is 6.08. The number of rotatable bonds is 3. The van der Waals surface area contributed by atoms with Crippen molar-refractivity contribution >= 4 is 9.84 Å². The molecule has 6 heteroatoms. The predicted octanol–water partition coefficient (Wildman–Crippen LogP) is 2.09. The maximum atomic E-state index is 11.4. The molecule has 106 valence electrons. The van der Waals surface area contributed by atoms with E-state index in [-0.39, 0.29) is 11.7 Å². The highest BCUT2D eigenvalue weighted by atomic mass is 32.2. The number of hydrogen-bond donors (Lipinski definition) is 0. The SMILES string of the molecule is O=S1(=O)CC[C@@H](Cc2nc(C3CCCCC3)no2)C1. The highest BCUT2D eigenvalue weighted by molar-refractivity contribution is 7.91. The molecule has 2 aliphatic rings. The Kier molecular flexibility index (Phi) is 3.60. The van der Waals surface area contributed by atoms with Gasteiger partial charge in [0.25, 0.3) is 0 Å². The van der Waals surface area contributed by atoms with Crippen molar-refractivity contribution in [2.75, 3.05) is 11.5 Å². The van der Waals surface area contributed by atoms with E-state index < -0.39 is 9.84 Å². The normalized spacial score (nSPS) is 27.7. The Morgan fingerprint density at radius 3 is 2.63 bits per heavy atom. The first kappa shape index (κ1) is 13.1. The number of nitrogens with zero attached hydrogens (tertiary/aromatic N) is 2. The molecule has 0 spiro atoms. The first-order chi connectivity index (χ1) is 9.12. The van der Waals surface area contributed by atoms with Gasteiger partial charge in [-0.1, -0.05) is 24.4 Å². The second-order valence-electron chi connectivity index (χ2n) is 5.85. The quantitative estimate of drug-likeness (QED) is 0.849. The third kappa shape index (κ3) is 3.16. The van der Waals surface area contributed by atoms with Gasteiger partial charge in [-0.15, -0.1) is 0 Å². The van der Waals surface area contributed by atoms with Gasteiger partial charge in [-0.3, -0.25) is 0 Å². The summed E-state index contributed by atoms with van der Waals surface area (Å²) < 4.78 is 28.1. The third-order valence-electron chi connectivity index (χ3n) is 4.24. The maximum absolute atomic E-state index is 11.4. The molecule has 1 aliphatic carbocycles. The van der Waals surface area contributed by atoms with Crippen LogP contribution in [0.5, 0.6) is 0 Å². The van der Waals surface area contributed by atoms with Crippen LogP contribution in [-0.4, -0.2) is 30.1 Å². The van der Waals surface area contributed by atoms with Crippen molar-refractivity contribution in [2.45, 2.75) is 50.9 Å². The average molecular weight is 284 g/mol. The molecule has 2 heterocycles. The predicted molar refractivity (Wildman–Crippen MR) is 70.6 cm³/mol. The molecule has 1 aliphatic heterocycles. The lowest BCUT2D eigenvalue weighted by molar-refractivity contribution is 0.345. The van der Waals surface area contributed by atoms with Crippen LogP contribution < -0.4 is 0 Å². The summed E-state index contributed by atoms with van der Waals surface area (Å²) in [6.07, 6.45) is 7.43. The van der Waals surface area contributed by atoms with Gasteiger partial charge < -0.3 is 4.52 Å². The van der Waals surface area contributed by atoms with Gasteiger partial charge in [0.2, 0.25) is 5.89 Å². The van der Waals surface area contributed by atoms with Gasteiger partial charge in [0.15, 0.2) is 15.7 Å². The highest BCUT2D eigenvalue weighted by Gasteiger charge is 2.30. The van der Waals surface area contributed by atoms with Gasteiger partial charge >= 0.3 is 0 Å². The highest BCUT2D eigenvalue weighted by Crippen LogP contribution is 2.31. The molecule has 0 aromatic carbocycles. The Morgan fingerprint density at radius 2 is 1.95 bits per heavy atom. The zero-order valence-corrected chi connectivity index (χ0v) is 11.9. The van der Waals surface area contributed by atoms with E-state index in [1.165, 1.54) is 19.3 Å². The first-order valence-electron chi connectivity index (χ1n) is 7.15. The smallest absolute Gasteiger partial charge is 0.226 e. The fraction of sp³-hybridized carbons (Fsp3) is 0.846. The maximum Gasteiger partial charge on any atom is 0.226 e. The molecule has 0 bridgehead atoms. The van der Waals surface area contributed by atoms with Gasteiger partial charge in [-0.05, 0) is 25.2 Å². The Morgan fingerprint density at radius 1 is 1.16 bits per heavy atom. The van der Waals surface area contributed by atoms with E-state index in [1.807, 2.05) is 0 Å². The number of aromatic nitrogens is 2. The minimum Gasteiger partial charge on any atom is -0.339 e. The molecule has 1 saturated heterocycles. The fourth-order valence-electron chi connectivity index (χ4n) is 3.16. The van der Waals surface area contributed by atoms with E-state index in [0.717, 1.165) is 25.1 Å². The minimum absolute atomic E-state index is 0.157. The van der Waals surface area contributed by atoms with Crippen LogP contribution in [0.4, 0.5) is 0 Å². The second kappa shape index (κ2) is 5.23. The fourth-order valence-corrected chi connectivity index (χ4v) is 5.02. The van der Waals surface area contributed by atoms with E-state index in [0.29, 0.717) is 24.0 Å². The van der Waals surface area contributed by atoms with Crippen molar-refractivity contribution in [3.63, 3.8) is 0 Å². The van der Waals surface area contributed by atoms with E-state index >= 15 is 0 Å². The summed E-state index contributed by atoms with van der Waals surface area (Å²) in [4.78, 5) is 4.47. The molecule has 0 amide bonds. The van der Waals surface area contributed by atoms with Crippen molar-refractivity contribution < 1.29 is 12.9 Å². The standard InChI is InChI=1S/C13H20N2O3S/c16-19(17)7-6-10(9-19)8-12-14-13(15-18-12)11-4-2-1-3-5-11/h10-11H,1-9H2/t10-/m0/s1. The van der Waals surface area contributed by atoms with Crippen LogP contribution in [0, 0.1) is 5.92 Å². The van der Waals surface area contributed by atoms with E-state index in [4.69, 9.17) is 4.52 Å². The Hall–Kier alpha value is -0.910. The van der Waals surface area contributed by atoms with Gasteiger partial charge in [0, 0.05) is 12.3 Å². The van der Waals surface area contributed by atoms with Crippen molar-refractivity contribution in [3.05, 3.63) is 11.7 Å². The largest absolute Gasteiger partial charge is 0.339 e. The van der Waals surface area contributed by atoms with Crippen molar-refractivity contribution in [2.24, 2.45) is 5.92 Å². The molecule has 1 atom stereocenters. The number of sulfone groups is 1. The van der Waals surface area contributed by atoms with Gasteiger partial charge in [-0.25, -0.2) is 8.42 Å². The van der Waals surface area contributed by atoms with Crippen LogP contribution in [0.15, 0.2) is 4.52 Å². The summed E-state index contributed by atoms with van der Waals surface area (Å²) in [6.45, 7) is 0. The minimum atomic E-state index is -2.82. The van der Waals surface area contributed by atoms with E-state index in [9.17, 15) is 8.42 Å². The lowest BCUT2D eigenvalue weighted by Gasteiger charge is -2.17. The average Bonchev–Trinajstić information content (AvgIpc) is 2.98. The summed E-state index contributed by atoms with van der Waals surface area (Å²) in [7, 11) is -2.82. The molecule has 19 heavy (non-hydrogen) atoms. The summed E-state index contributed by atoms with van der Waals surface area (Å²) in [5, 5.41) is 4.08. The zero-order chi connectivity index (χ0) is 13.3. The molecule has 0 unspecified atom stereocenters. The molecular weight excluding hydrogens is 264 g/mol. The molecule has 1 aromatic heterocycles. The molecule has 3 rings (SSSR count). The summed E-state index contributed by atoms with van der Waals surface area (Å²) >= 11 is 0. The summed E-state index contributed by atoms with van der Waals surface area (Å²) in [5.41, 5.74) is 0. The monoisotopic (exact) mass is 284 g/mol. The van der Waals surface area contributed by atoms with E-state index in [1.54, 1.807) is 0 Å². The van der Waals surface area contributed by atoms with Crippen molar-refractivity contribution in [1.82, 2.24) is 10.1 Å². The Balaban J connectivity index is 1.62. The molecule has 0 radical (unpaired) electrons. The van der Waals surface area contributed by atoms with Crippen LogP contribution in [0.3, 0.4) is 0 Å². The summed E-state index contributed by atoms with van der Waals surface area (Å²) in [5.74, 6) is 2.62. The summed E-state index contributed by atoms with van der Waals surface area (Å²) in [6, 6.07) is 0. The Bertz CT molecular complexity index is 532. The van der Waals surface area contributed by atoms with Crippen LogP contribution in [0.1, 0.15) is 56.2 Å². The molecule has 2 fully saturated rings. The van der Waals surface area contributed by atoms with E-state index in [2.05, 4.69) is 10.1 Å². The van der Waals surface area contributed by atoms with Crippen LogP contribution in [-0.2, 0) is 16.3 Å². The lowest BCUT2D eigenvalue weighted by Crippen LogP contribution is -2.08. The van der Waals surface area contributed by atoms with Gasteiger partial charge in [0.1, 0.15) is 0 Å². The van der Waals surface area contributed by atoms with Crippen LogP contribution >= 0.6 is 0 Å². The molecule has 5 nitrogen and oxygen atoms in total. The molecule has 1 aromatic rings. The zero-order valence-electron chi connectivity index (χ0n) is 11.0. The number of hydrogen-bond acceptors (Lipinski definition) is 5. The van der Waals surface area contributed by atoms with Gasteiger partial charge in [-0.2, -0.15) is 4.98 Å². The van der Waals surface area contributed by atoms with Gasteiger partial charge in [0.05, 0.1) is 11.5 Å². The molecule has 0 N–H and O–H groups in total. The topological polar surface area (TPSA) is 73.1 Å². The molecular formula is C13H20N2O3S. The Labute approximate surface area is 113 Å². The lowest BCUT2D eigenvalue weighted by atomic mass is 9.89. The molecule has 1 saturated carbocycles. The second-order valence-corrected chi connectivity index (χ2v) is 8.08. The van der Waals surface area contributed by atoms with Crippen molar-refractivity contribution in [1.29, 1.82) is 0 Å². The van der Waals surface area contributed by atoms with Crippen LogP contribution in [0.2, 0.25) is 0 Å². The first-order valence-corrected chi connectivity index (χ1v) is 8.97. The van der Waals surface area contributed by atoms with Crippen molar-refractivity contribution in [3.8, 4) is 0 Å².